The van der Waals surface area contributed by atoms with Gasteiger partial charge in [0.15, 0.2) is 6.10 Å². The Hall–Kier alpha value is -3.45. The molecule has 1 aromatic heterocycles. The van der Waals surface area contributed by atoms with Crippen LogP contribution in [-0.2, 0) is 9.59 Å². The monoisotopic (exact) mass is 408 g/mol. The topological polar surface area (TPSA) is 67.4 Å². The third-order valence-corrected chi connectivity index (χ3v) is 5.43. The summed E-state index contributed by atoms with van der Waals surface area (Å²) in [4.78, 5) is 25.6. The van der Waals surface area contributed by atoms with Crippen molar-refractivity contribution < 1.29 is 18.7 Å². The zero-order valence-corrected chi connectivity index (χ0v) is 16.3. The largest absolute Gasteiger partial charge is 0.479 e. The molecule has 1 atom stereocenters. The molecule has 1 unspecified atom stereocenters. The molecule has 2 aromatic carbocycles. The minimum atomic E-state index is -0.550. The maximum atomic E-state index is 13.9. The van der Waals surface area contributed by atoms with Crippen LogP contribution in [0.25, 0.3) is 16.5 Å². The van der Waals surface area contributed by atoms with E-state index in [1.165, 1.54) is 23.5 Å². The van der Waals surface area contributed by atoms with Gasteiger partial charge in [-0.15, -0.1) is 11.3 Å². The van der Waals surface area contributed by atoms with Crippen LogP contribution in [0.3, 0.4) is 0 Å². The minimum Gasteiger partial charge on any atom is -0.479 e. The van der Waals surface area contributed by atoms with E-state index in [-0.39, 0.29) is 17.6 Å². The molecule has 3 aromatic rings. The van der Waals surface area contributed by atoms with Crippen LogP contribution in [0, 0.1) is 5.82 Å². The number of thiophene rings is 1. The quantitative estimate of drug-likeness (QED) is 0.602. The van der Waals surface area contributed by atoms with Gasteiger partial charge in [0.2, 0.25) is 5.91 Å². The van der Waals surface area contributed by atoms with Crippen molar-refractivity contribution in [3.05, 3.63) is 71.4 Å². The Labute approximate surface area is 170 Å². The first-order valence-electron chi connectivity index (χ1n) is 8.95. The summed E-state index contributed by atoms with van der Waals surface area (Å²) >= 11 is 1.40. The minimum absolute atomic E-state index is 0.232. The second-order valence-electron chi connectivity index (χ2n) is 6.46. The van der Waals surface area contributed by atoms with E-state index < -0.39 is 6.10 Å². The fraction of sp³-hybridized carbons (Fsp3) is 0.0909. The number of nitrogens with one attached hydrogen (secondary N) is 2. The van der Waals surface area contributed by atoms with Crippen molar-refractivity contribution in [2.24, 2.45) is 0 Å². The van der Waals surface area contributed by atoms with Crippen molar-refractivity contribution in [1.82, 2.24) is 0 Å². The van der Waals surface area contributed by atoms with E-state index in [0.29, 0.717) is 22.7 Å². The molecule has 0 saturated carbocycles. The molecule has 0 fully saturated rings. The average molecular weight is 408 g/mol. The Bertz CT molecular complexity index is 1120. The second kappa shape index (κ2) is 7.89. The van der Waals surface area contributed by atoms with Crippen LogP contribution in [0.4, 0.5) is 15.8 Å². The molecule has 0 aliphatic carbocycles. The lowest BCUT2D eigenvalue weighted by Gasteiger charge is -2.23. The van der Waals surface area contributed by atoms with Crippen LogP contribution in [0.1, 0.15) is 11.8 Å². The maximum absolute atomic E-state index is 13.9. The lowest BCUT2D eigenvalue weighted by atomic mass is 10.2. The summed E-state index contributed by atoms with van der Waals surface area (Å²) in [5.41, 5.74) is 1.59. The van der Waals surface area contributed by atoms with Crippen LogP contribution < -0.4 is 15.4 Å². The molecule has 29 heavy (non-hydrogen) atoms. The number of amides is 2. The summed E-state index contributed by atoms with van der Waals surface area (Å²) in [7, 11) is 0. The van der Waals surface area contributed by atoms with Gasteiger partial charge in [-0.2, -0.15) is 0 Å². The lowest BCUT2D eigenvalue weighted by molar-refractivity contribution is -0.122. The first-order chi connectivity index (χ1) is 14.0. The summed E-state index contributed by atoms with van der Waals surface area (Å²) in [5, 5.41) is 5.49. The van der Waals surface area contributed by atoms with Gasteiger partial charge in [-0.05, 0) is 49.4 Å². The molecule has 2 N–H and O–H groups in total. The number of fused-ring (bicyclic) bond motifs is 1. The Morgan fingerprint density at radius 1 is 1.21 bits per heavy atom. The molecule has 0 radical (unpaired) electrons. The highest BCUT2D eigenvalue weighted by Gasteiger charge is 2.23. The van der Waals surface area contributed by atoms with E-state index >= 15 is 0 Å². The smallest absolute Gasteiger partial charge is 0.265 e. The predicted octanol–water partition coefficient (Wildman–Crippen LogP) is 4.93. The molecule has 7 heteroatoms. The molecular weight excluding hydrogens is 391 g/mol. The number of carbonyl (C=O) groups excluding carboxylic acids is 2. The van der Waals surface area contributed by atoms with Crippen LogP contribution >= 0.6 is 11.3 Å². The average Bonchev–Trinajstić information content (AvgIpc) is 3.17. The van der Waals surface area contributed by atoms with Gasteiger partial charge < -0.3 is 15.4 Å². The molecule has 1 aliphatic rings. The highest BCUT2D eigenvalue weighted by atomic mass is 32.1. The number of carbonyl (C=O) groups is 2. The fourth-order valence-electron chi connectivity index (χ4n) is 2.88. The Balaban J connectivity index is 1.43. The van der Waals surface area contributed by atoms with E-state index in [0.717, 1.165) is 9.75 Å². The number of ether oxygens (including phenoxy) is 1. The first-order valence-corrected chi connectivity index (χ1v) is 9.76. The van der Waals surface area contributed by atoms with Crippen LogP contribution in [0.5, 0.6) is 5.75 Å². The van der Waals surface area contributed by atoms with E-state index in [4.69, 9.17) is 4.74 Å². The van der Waals surface area contributed by atoms with Gasteiger partial charge in [-0.3, -0.25) is 9.59 Å². The van der Waals surface area contributed by atoms with Crippen molar-refractivity contribution in [3.8, 4) is 16.2 Å². The summed E-state index contributed by atoms with van der Waals surface area (Å²) in [6, 6.07) is 15.3. The summed E-state index contributed by atoms with van der Waals surface area (Å²) in [5.74, 6) is -0.267. The number of benzene rings is 2. The van der Waals surface area contributed by atoms with E-state index in [2.05, 4.69) is 10.6 Å². The zero-order chi connectivity index (χ0) is 20.4. The molecule has 4 rings (SSSR count). The molecule has 2 amide bonds. The number of rotatable bonds is 4. The summed E-state index contributed by atoms with van der Waals surface area (Å²) in [6.45, 7) is 1.67. The van der Waals surface area contributed by atoms with Gasteiger partial charge in [0, 0.05) is 27.1 Å². The Morgan fingerprint density at radius 2 is 2.03 bits per heavy atom. The third kappa shape index (κ3) is 4.20. The van der Waals surface area contributed by atoms with Gasteiger partial charge >= 0.3 is 0 Å². The van der Waals surface area contributed by atoms with Gasteiger partial charge in [0.25, 0.3) is 5.91 Å². The zero-order valence-electron chi connectivity index (χ0n) is 15.4. The Kier molecular flexibility index (Phi) is 5.14. The number of hydrogen-bond acceptors (Lipinski definition) is 4. The Morgan fingerprint density at radius 3 is 2.86 bits per heavy atom. The standard InChI is InChI=1S/C22H17FN2O3S/c1-13-22(27)25-18-12-14(6-9-19(18)28-13)24-21(26)11-8-15-7-10-20(29-15)16-4-2-3-5-17(16)23/h2-13H,1H3,(H,24,26)(H,25,27)/b11-8+. The van der Waals surface area contributed by atoms with Crippen molar-refractivity contribution in [1.29, 1.82) is 0 Å². The SMILES string of the molecule is CC1Oc2ccc(NC(=O)/C=C/c3ccc(-c4ccccc4F)s3)cc2NC1=O. The highest BCUT2D eigenvalue weighted by molar-refractivity contribution is 7.16. The van der Waals surface area contributed by atoms with Crippen molar-refractivity contribution in [3.63, 3.8) is 0 Å². The predicted molar refractivity (Wildman–Crippen MR) is 113 cm³/mol. The summed E-state index contributed by atoms with van der Waals surface area (Å²) < 4.78 is 19.4. The highest BCUT2D eigenvalue weighted by Crippen LogP contribution is 2.32. The van der Waals surface area contributed by atoms with Crippen molar-refractivity contribution in [2.75, 3.05) is 10.6 Å². The van der Waals surface area contributed by atoms with Crippen molar-refractivity contribution in [2.45, 2.75) is 13.0 Å². The third-order valence-electron chi connectivity index (χ3n) is 4.34. The molecule has 0 bridgehead atoms. The molecule has 1 aliphatic heterocycles. The molecule has 146 valence electrons. The number of halogens is 1. The number of anilines is 2. The fourth-order valence-corrected chi connectivity index (χ4v) is 3.81. The molecule has 0 saturated heterocycles. The van der Waals surface area contributed by atoms with E-state index in [1.54, 1.807) is 49.4 Å². The molecule has 0 spiro atoms. The van der Waals surface area contributed by atoms with Crippen LogP contribution in [0.15, 0.2) is 60.7 Å². The first kappa shape index (κ1) is 18.9. The molecule has 5 nitrogen and oxygen atoms in total. The lowest BCUT2D eigenvalue weighted by Crippen LogP contribution is -2.34. The van der Waals surface area contributed by atoms with Gasteiger partial charge in [-0.1, -0.05) is 18.2 Å². The summed E-state index contributed by atoms with van der Waals surface area (Å²) in [6.07, 6.45) is 2.54. The normalized spacial score (nSPS) is 15.5. The number of hydrogen-bond donors (Lipinski definition) is 2. The second-order valence-corrected chi connectivity index (χ2v) is 7.58. The van der Waals surface area contributed by atoms with Crippen LogP contribution in [-0.4, -0.2) is 17.9 Å². The van der Waals surface area contributed by atoms with Crippen LogP contribution in [0.2, 0.25) is 0 Å². The molecule has 2 heterocycles. The van der Waals surface area contributed by atoms with Gasteiger partial charge in [0.1, 0.15) is 11.6 Å². The van der Waals surface area contributed by atoms with E-state index in [1.807, 2.05) is 12.1 Å². The maximum Gasteiger partial charge on any atom is 0.265 e. The van der Waals surface area contributed by atoms with Gasteiger partial charge in [0.05, 0.1) is 5.69 Å². The molecular formula is C22H17FN2O3S. The van der Waals surface area contributed by atoms with Gasteiger partial charge in [-0.25, -0.2) is 4.39 Å². The van der Waals surface area contributed by atoms with Crippen molar-refractivity contribution >= 4 is 40.6 Å². The van der Waals surface area contributed by atoms with E-state index in [9.17, 15) is 14.0 Å².